The summed E-state index contributed by atoms with van der Waals surface area (Å²) in [7, 11) is 2.99. The van der Waals surface area contributed by atoms with E-state index >= 15 is 4.39 Å². The van der Waals surface area contributed by atoms with Crippen LogP contribution in [0, 0.1) is 19.7 Å². The SMILES string of the molecule is COCCNC(=O)c1ccc(Oc2nc(Nc3ccc(OCCN4CCN(C(C)C)CC4)c(F)c3)ncc2C(=O)Nc2c(C)cccc2C)c(OC)c1. The summed E-state index contributed by atoms with van der Waals surface area (Å²) in [5, 5.41) is 8.70. The van der Waals surface area contributed by atoms with E-state index < -0.39 is 11.7 Å². The first-order chi connectivity index (χ1) is 25.6. The van der Waals surface area contributed by atoms with Gasteiger partial charge in [0.05, 0.1) is 13.7 Å². The number of anilines is 3. The molecule has 2 heterocycles. The third-order valence-corrected chi connectivity index (χ3v) is 8.93. The van der Waals surface area contributed by atoms with Crippen molar-refractivity contribution < 1.29 is 32.9 Å². The molecule has 14 heteroatoms. The van der Waals surface area contributed by atoms with Gasteiger partial charge in [-0.25, -0.2) is 9.37 Å². The molecule has 0 unspecified atom stereocenters. The molecule has 1 aromatic heterocycles. The molecule has 0 radical (unpaired) electrons. The fourth-order valence-corrected chi connectivity index (χ4v) is 5.83. The van der Waals surface area contributed by atoms with Crippen LogP contribution in [0.25, 0.3) is 0 Å². The highest BCUT2D eigenvalue weighted by atomic mass is 19.1. The number of nitrogens with zero attached hydrogens (tertiary/aromatic N) is 4. The molecule has 0 aliphatic carbocycles. The number of para-hydroxylation sites is 1. The molecule has 4 aromatic rings. The van der Waals surface area contributed by atoms with Crippen molar-refractivity contribution in [2.24, 2.45) is 0 Å². The van der Waals surface area contributed by atoms with Crippen molar-refractivity contribution in [2.75, 3.05) is 77.3 Å². The number of nitrogens with one attached hydrogen (secondary N) is 3. The fourth-order valence-electron chi connectivity index (χ4n) is 5.83. The highest BCUT2D eigenvalue weighted by Gasteiger charge is 2.22. The van der Waals surface area contributed by atoms with Crippen LogP contribution < -0.4 is 30.2 Å². The summed E-state index contributed by atoms with van der Waals surface area (Å²) in [5.41, 5.74) is 3.13. The zero-order valence-electron chi connectivity index (χ0n) is 31.1. The van der Waals surface area contributed by atoms with E-state index in [1.165, 1.54) is 25.4 Å². The van der Waals surface area contributed by atoms with Crippen molar-refractivity contribution in [2.45, 2.75) is 33.7 Å². The van der Waals surface area contributed by atoms with Gasteiger partial charge in [-0.2, -0.15) is 4.98 Å². The second-order valence-corrected chi connectivity index (χ2v) is 12.9. The minimum Gasteiger partial charge on any atom is -0.493 e. The fraction of sp³-hybridized carbons (Fsp3) is 0.385. The molecule has 282 valence electrons. The average molecular weight is 730 g/mol. The van der Waals surface area contributed by atoms with E-state index in [4.69, 9.17) is 18.9 Å². The third kappa shape index (κ3) is 10.4. The van der Waals surface area contributed by atoms with Crippen molar-refractivity contribution in [3.8, 4) is 23.1 Å². The van der Waals surface area contributed by atoms with E-state index in [0.717, 1.165) is 37.3 Å². The number of aromatic nitrogens is 2. The van der Waals surface area contributed by atoms with Gasteiger partial charge in [-0.3, -0.25) is 19.4 Å². The first-order valence-electron chi connectivity index (χ1n) is 17.6. The maximum atomic E-state index is 15.2. The Bertz CT molecular complexity index is 1860. The van der Waals surface area contributed by atoms with Crippen LogP contribution >= 0.6 is 0 Å². The van der Waals surface area contributed by atoms with Crippen LogP contribution in [0.1, 0.15) is 45.7 Å². The van der Waals surface area contributed by atoms with Crippen LogP contribution in [-0.4, -0.2) is 104 Å². The highest BCUT2D eigenvalue weighted by molar-refractivity contribution is 6.06. The molecular weight excluding hydrogens is 681 g/mol. The molecule has 5 rings (SSSR count). The summed E-state index contributed by atoms with van der Waals surface area (Å²) >= 11 is 0. The molecule has 3 aromatic carbocycles. The Kier molecular flexibility index (Phi) is 13.5. The Morgan fingerprint density at radius 2 is 1.64 bits per heavy atom. The number of methoxy groups -OCH3 is 2. The third-order valence-electron chi connectivity index (χ3n) is 8.93. The van der Waals surface area contributed by atoms with Crippen LogP contribution in [0.3, 0.4) is 0 Å². The molecule has 0 spiro atoms. The van der Waals surface area contributed by atoms with E-state index in [1.54, 1.807) is 31.4 Å². The number of hydrogen-bond donors (Lipinski definition) is 3. The lowest BCUT2D eigenvalue weighted by atomic mass is 10.1. The summed E-state index contributed by atoms with van der Waals surface area (Å²) in [6.45, 7) is 13.9. The van der Waals surface area contributed by atoms with Gasteiger partial charge in [0.15, 0.2) is 23.1 Å². The van der Waals surface area contributed by atoms with E-state index in [-0.39, 0.29) is 40.5 Å². The largest absolute Gasteiger partial charge is 0.493 e. The van der Waals surface area contributed by atoms with Crippen molar-refractivity contribution in [1.82, 2.24) is 25.1 Å². The summed E-state index contributed by atoms with van der Waals surface area (Å²) < 4.78 is 37.7. The lowest BCUT2D eigenvalue weighted by molar-refractivity contribution is 0.0936. The number of amides is 2. The van der Waals surface area contributed by atoms with Gasteiger partial charge >= 0.3 is 0 Å². The minimum absolute atomic E-state index is 0.0298. The van der Waals surface area contributed by atoms with Crippen molar-refractivity contribution >= 4 is 29.1 Å². The number of carbonyl (C=O) groups is 2. The Morgan fingerprint density at radius 3 is 2.32 bits per heavy atom. The molecular formula is C39H48FN7O6. The molecule has 53 heavy (non-hydrogen) atoms. The van der Waals surface area contributed by atoms with E-state index in [0.29, 0.717) is 49.3 Å². The lowest BCUT2D eigenvalue weighted by Gasteiger charge is -2.36. The second kappa shape index (κ2) is 18.4. The topological polar surface area (TPSA) is 139 Å². The van der Waals surface area contributed by atoms with Gasteiger partial charge in [-0.15, -0.1) is 0 Å². The molecule has 0 atom stereocenters. The molecule has 1 saturated heterocycles. The molecule has 1 aliphatic heterocycles. The summed E-state index contributed by atoms with van der Waals surface area (Å²) in [4.78, 5) is 40.0. The average Bonchev–Trinajstić information content (AvgIpc) is 3.14. The monoisotopic (exact) mass is 729 g/mol. The number of rotatable bonds is 16. The maximum Gasteiger partial charge on any atom is 0.262 e. The van der Waals surface area contributed by atoms with Crippen molar-refractivity contribution in [1.29, 1.82) is 0 Å². The first kappa shape index (κ1) is 38.9. The van der Waals surface area contributed by atoms with Crippen molar-refractivity contribution in [3.05, 3.63) is 88.9 Å². The van der Waals surface area contributed by atoms with Gasteiger partial charge in [0.25, 0.3) is 11.8 Å². The van der Waals surface area contributed by atoms with E-state index in [1.807, 2.05) is 32.0 Å². The predicted octanol–water partition coefficient (Wildman–Crippen LogP) is 5.81. The van der Waals surface area contributed by atoms with E-state index in [9.17, 15) is 9.59 Å². The second-order valence-electron chi connectivity index (χ2n) is 12.9. The number of piperazine rings is 1. The molecule has 13 nitrogen and oxygen atoms in total. The van der Waals surface area contributed by atoms with Gasteiger partial charge in [0.2, 0.25) is 11.8 Å². The molecule has 1 fully saturated rings. The van der Waals surface area contributed by atoms with Crippen LogP contribution in [0.4, 0.5) is 21.7 Å². The summed E-state index contributed by atoms with van der Waals surface area (Å²) in [6, 6.07) is 15.4. The van der Waals surface area contributed by atoms with Crippen LogP contribution in [0.5, 0.6) is 23.1 Å². The number of benzene rings is 3. The molecule has 3 N–H and O–H groups in total. The van der Waals surface area contributed by atoms with Gasteiger partial charge < -0.3 is 34.9 Å². The Balaban J connectivity index is 1.33. The number of hydrogen-bond acceptors (Lipinski definition) is 11. The molecule has 2 amide bonds. The summed E-state index contributed by atoms with van der Waals surface area (Å²) in [5.74, 6) is -0.860. The normalized spacial score (nSPS) is 13.4. The molecule has 0 bridgehead atoms. The standard InChI is InChI=1S/C39H48FN7O6/c1-25(2)47-17-15-46(16-18-47)19-21-52-32-13-11-29(23-31(32)40)43-39-42-24-30(37(49)44-35-26(3)8-7-9-27(35)4)38(45-39)53-33-12-10-28(22-34(33)51-6)36(48)41-14-20-50-5/h7-13,22-25H,14-21H2,1-6H3,(H,41,48)(H,44,49)(H,42,43,45). The van der Waals surface area contributed by atoms with E-state index in [2.05, 4.69) is 49.6 Å². The molecule has 1 aliphatic rings. The highest BCUT2D eigenvalue weighted by Crippen LogP contribution is 2.34. The van der Waals surface area contributed by atoms with Crippen molar-refractivity contribution in [3.63, 3.8) is 0 Å². The number of halogens is 1. The lowest BCUT2D eigenvalue weighted by Crippen LogP contribution is -2.49. The van der Waals surface area contributed by atoms with Gasteiger partial charge in [0, 0.05) is 81.6 Å². The quantitative estimate of drug-likeness (QED) is 0.121. The minimum atomic E-state index is -0.545. The van der Waals surface area contributed by atoms with Gasteiger partial charge in [0.1, 0.15) is 12.2 Å². The Labute approximate surface area is 309 Å². The van der Waals surface area contributed by atoms with Crippen LogP contribution in [0.2, 0.25) is 0 Å². The Morgan fingerprint density at radius 1 is 0.906 bits per heavy atom. The zero-order chi connectivity index (χ0) is 37.9. The maximum absolute atomic E-state index is 15.2. The van der Waals surface area contributed by atoms with Crippen LogP contribution in [0.15, 0.2) is 60.8 Å². The number of carbonyl (C=O) groups excluding carboxylic acids is 2. The number of ether oxygens (including phenoxy) is 4. The first-order valence-corrected chi connectivity index (χ1v) is 17.6. The predicted molar refractivity (Wildman–Crippen MR) is 202 cm³/mol. The number of aryl methyl sites for hydroxylation is 2. The summed E-state index contributed by atoms with van der Waals surface area (Å²) in [6.07, 6.45) is 1.33. The van der Waals surface area contributed by atoms with Gasteiger partial charge in [-0.05, 0) is 69.2 Å². The smallest absolute Gasteiger partial charge is 0.262 e. The molecule has 0 saturated carbocycles. The van der Waals surface area contributed by atoms with Gasteiger partial charge in [-0.1, -0.05) is 18.2 Å². The van der Waals surface area contributed by atoms with Crippen LogP contribution in [-0.2, 0) is 4.74 Å². The Hall–Kier alpha value is -5.31. The zero-order valence-corrected chi connectivity index (χ0v) is 31.1.